The summed E-state index contributed by atoms with van der Waals surface area (Å²) in [5.74, 6) is 2.49. The van der Waals surface area contributed by atoms with Crippen molar-refractivity contribution in [3.05, 3.63) is 65.2 Å². The van der Waals surface area contributed by atoms with E-state index in [0.717, 1.165) is 31.5 Å². The van der Waals surface area contributed by atoms with Gasteiger partial charge in [-0.15, -0.1) is 11.8 Å². The van der Waals surface area contributed by atoms with E-state index in [0.29, 0.717) is 12.3 Å². The molecule has 27 heavy (non-hydrogen) atoms. The van der Waals surface area contributed by atoms with E-state index in [4.69, 9.17) is 5.73 Å². The normalized spacial score (nSPS) is 27.3. The third-order valence-electron chi connectivity index (χ3n) is 6.39. The van der Waals surface area contributed by atoms with Crippen LogP contribution in [0.1, 0.15) is 54.7 Å². The van der Waals surface area contributed by atoms with Gasteiger partial charge in [-0.25, -0.2) is 0 Å². The molecule has 142 valence electrons. The lowest BCUT2D eigenvalue weighted by molar-refractivity contribution is -0.108. The van der Waals surface area contributed by atoms with Gasteiger partial charge < -0.3 is 10.5 Å². The van der Waals surface area contributed by atoms with E-state index in [2.05, 4.69) is 48.5 Å². The number of nitrogens with two attached hydrogens (primary N) is 1. The first-order valence-corrected chi connectivity index (χ1v) is 11.2. The zero-order valence-corrected chi connectivity index (χ0v) is 16.7. The van der Waals surface area contributed by atoms with E-state index >= 15 is 0 Å². The molecular weight excluding hydrogens is 350 g/mol. The molecule has 0 aliphatic heterocycles. The second kappa shape index (κ2) is 8.20. The summed E-state index contributed by atoms with van der Waals surface area (Å²) in [5.41, 5.74) is 10.6. The summed E-state index contributed by atoms with van der Waals surface area (Å²) in [4.78, 5) is 12.3. The molecule has 2 N–H and O–H groups in total. The van der Waals surface area contributed by atoms with Gasteiger partial charge in [-0.3, -0.25) is 0 Å². The Morgan fingerprint density at radius 1 is 1.11 bits per heavy atom. The first-order chi connectivity index (χ1) is 13.1. The van der Waals surface area contributed by atoms with Gasteiger partial charge in [0, 0.05) is 22.6 Å². The topological polar surface area (TPSA) is 43.1 Å². The number of benzene rings is 2. The Morgan fingerprint density at radius 2 is 1.96 bits per heavy atom. The van der Waals surface area contributed by atoms with Crippen LogP contribution in [0.2, 0.25) is 0 Å². The molecule has 2 aromatic carbocycles. The number of rotatable bonds is 6. The van der Waals surface area contributed by atoms with Crippen molar-refractivity contribution in [2.24, 2.45) is 11.7 Å². The van der Waals surface area contributed by atoms with Gasteiger partial charge in [0.1, 0.15) is 6.29 Å². The lowest BCUT2D eigenvalue weighted by Crippen LogP contribution is -2.37. The van der Waals surface area contributed by atoms with Crippen LogP contribution in [-0.4, -0.2) is 17.6 Å². The third-order valence-corrected chi connectivity index (χ3v) is 7.64. The maximum atomic E-state index is 10.9. The number of aldehydes is 1. The minimum Gasteiger partial charge on any atom is -0.325 e. The second-order valence-electron chi connectivity index (χ2n) is 8.43. The van der Waals surface area contributed by atoms with E-state index in [-0.39, 0.29) is 5.54 Å². The Morgan fingerprint density at radius 3 is 2.78 bits per heavy atom. The van der Waals surface area contributed by atoms with Gasteiger partial charge in [-0.05, 0) is 79.2 Å². The maximum Gasteiger partial charge on any atom is 0.121 e. The summed E-state index contributed by atoms with van der Waals surface area (Å²) in [6.07, 6.45) is 8.18. The second-order valence-corrected chi connectivity index (χ2v) is 9.53. The SMILES string of the molecule is N[C@]1(CC=O)CC[C@H](c2ccc3c(c2)CC[C@H](CSc2ccccc2)C3)C1. The molecule has 0 aromatic heterocycles. The average molecular weight is 380 g/mol. The molecule has 3 atom stereocenters. The molecule has 0 amide bonds. The highest BCUT2D eigenvalue weighted by Gasteiger charge is 2.36. The average Bonchev–Trinajstić information content (AvgIpc) is 3.09. The Kier molecular flexibility index (Phi) is 5.70. The van der Waals surface area contributed by atoms with Gasteiger partial charge in [0.2, 0.25) is 0 Å². The lowest BCUT2D eigenvalue weighted by atomic mass is 9.82. The van der Waals surface area contributed by atoms with Crippen molar-refractivity contribution in [2.45, 2.75) is 61.3 Å². The zero-order valence-electron chi connectivity index (χ0n) is 15.9. The molecule has 1 saturated carbocycles. The molecule has 2 nitrogen and oxygen atoms in total. The van der Waals surface area contributed by atoms with Gasteiger partial charge in [-0.2, -0.15) is 0 Å². The number of aryl methyl sites for hydroxylation is 1. The Bertz CT molecular complexity index is 790. The predicted molar refractivity (Wildman–Crippen MR) is 113 cm³/mol. The molecule has 0 saturated heterocycles. The summed E-state index contributed by atoms with van der Waals surface area (Å²) in [7, 11) is 0. The molecule has 0 heterocycles. The van der Waals surface area contributed by atoms with Crippen LogP contribution in [0.15, 0.2) is 53.4 Å². The number of carbonyl (C=O) groups is 1. The molecule has 2 aromatic rings. The van der Waals surface area contributed by atoms with Crippen LogP contribution >= 0.6 is 11.8 Å². The van der Waals surface area contributed by atoms with E-state index in [1.807, 2.05) is 11.8 Å². The van der Waals surface area contributed by atoms with Crippen molar-refractivity contribution in [1.29, 1.82) is 0 Å². The first kappa shape index (κ1) is 18.8. The van der Waals surface area contributed by atoms with Crippen LogP contribution in [0.3, 0.4) is 0 Å². The van der Waals surface area contributed by atoms with Crippen LogP contribution in [0.25, 0.3) is 0 Å². The third kappa shape index (κ3) is 4.47. The molecule has 3 heteroatoms. The fourth-order valence-corrected chi connectivity index (χ4v) is 5.83. The lowest BCUT2D eigenvalue weighted by Gasteiger charge is -2.26. The molecule has 0 bridgehead atoms. The van der Waals surface area contributed by atoms with Gasteiger partial charge in [0.05, 0.1) is 0 Å². The highest BCUT2D eigenvalue weighted by atomic mass is 32.2. The molecule has 1 fully saturated rings. The summed E-state index contributed by atoms with van der Waals surface area (Å²) >= 11 is 1.99. The van der Waals surface area contributed by atoms with E-state index < -0.39 is 0 Å². The van der Waals surface area contributed by atoms with Crippen LogP contribution in [-0.2, 0) is 17.6 Å². The van der Waals surface area contributed by atoms with Gasteiger partial charge in [0.15, 0.2) is 0 Å². The zero-order chi connectivity index (χ0) is 18.7. The fraction of sp³-hybridized carbons (Fsp3) is 0.458. The first-order valence-electron chi connectivity index (χ1n) is 10.2. The minimum atomic E-state index is -0.276. The van der Waals surface area contributed by atoms with Crippen molar-refractivity contribution in [2.75, 3.05) is 5.75 Å². The van der Waals surface area contributed by atoms with E-state index in [9.17, 15) is 4.79 Å². The number of thioether (sulfide) groups is 1. The molecule has 2 aliphatic carbocycles. The van der Waals surface area contributed by atoms with Crippen molar-refractivity contribution in [3.8, 4) is 0 Å². The molecule has 2 aliphatic rings. The van der Waals surface area contributed by atoms with Gasteiger partial charge >= 0.3 is 0 Å². The van der Waals surface area contributed by atoms with Gasteiger partial charge in [-0.1, -0.05) is 36.4 Å². The van der Waals surface area contributed by atoms with Crippen LogP contribution in [0.5, 0.6) is 0 Å². The van der Waals surface area contributed by atoms with Gasteiger partial charge in [0.25, 0.3) is 0 Å². The Labute approximate surface area is 166 Å². The smallest absolute Gasteiger partial charge is 0.121 e. The number of hydrogen-bond donors (Lipinski definition) is 1. The predicted octanol–water partition coefficient (Wildman–Crippen LogP) is 5.14. The Balaban J connectivity index is 1.38. The van der Waals surface area contributed by atoms with Crippen molar-refractivity contribution >= 4 is 18.0 Å². The van der Waals surface area contributed by atoms with Crippen molar-refractivity contribution < 1.29 is 4.79 Å². The highest BCUT2D eigenvalue weighted by Crippen LogP contribution is 2.42. The van der Waals surface area contributed by atoms with Crippen LogP contribution < -0.4 is 5.73 Å². The van der Waals surface area contributed by atoms with Crippen molar-refractivity contribution in [3.63, 3.8) is 0 Å². The van der Waals surface area contributed by atoms with E-state index in [1.54, 1.807) is 5.56 Å². The van der Waals surface area contributed by atoms with Crippen LogP contribution in [0.4, 0.5) is 0 Å². The van der Waals surface area contributed by atoms with E-state index in [1.165, 1.54) is 41.0 Å². The minimum absolute atomic E-state index is 0.276. The fourth-order valence-electron chi connectivity index (χ4n) is 4.77. The van der Waals surface area contributed by atoms with Crippen molar-refractivity contribution in [1.82, 2.24) is 0 Å². The number of carbonyl (C=O) groups excluding carboxylic acids is 1. The molecular formula is C24H29NOS. The van der Waals surface area contributed by atoms with Crippen LogP contribution in [0, 0.1) is 5.92 Å². The monoisotopic (exact) mass is 379 g/mol. The quantitative estimate of drug-likeness (QED) is 0.558. The summed E-state index contributed by atoms with van der Waals surface area (Å²) in [6.45, 7) is 0. The molecule has 0 radical (unpaired) electrons. The molecule has 0 spiro atoms. The molecule has 0 unspecified atom stereocenters. The standard InChI is InChI=1S/C24H29NOS/c25-24(12-13-26)11-10-22(16-24)21-9-8-19-14-18(6-7-20(19)15-21)17-27-23-4-2-1-3-5-23/h1-5,8-9,13,15,18,22H,6-7,10-12,14,16-17,25H2/t18-,22-,24-/m0/s1. The summed E-state index contributed by atoms with van der Waals surface area (Å²) < 4.78 is 0. The maximum absolute atomic E-state index is 10.9. The number of hydrogen-bond acceptors (Lipinski definition) is 3. The number of fused-ring (bicyclic) bond motifs is 1. The Hall–Kier alpha value is -1.58. The summed E-state index contributed by atoms with van der Waals surface area (Å²) in [6, 6.07) is 17.9. The summed E-state index contributed by atoms with van der Waals surface area (Å²) in [5, 5.41) is 0. The largest absolute Gasteiger partial charge is 0.325 e. The highest BCUT2D eigenvalue weighted by molar-refractivity contribution is 7.99. The molecule has 4 rings (SSSR count).